The number of fused-ring (bicyclic) bond motifs is 6. The Morgan fingerprint density at radius 3 is 1.44 bits per heavy atom. The molecule has 6 rings (SSSR count). The lowest BCUT2D eigenvalue weighted by Gasteiger charge is -2.04. The van der Waals surface area contributed by atoms with E-state index in [1.807, 2.05) is 86.6 Å². The van der Waals surface area contributed by atoms with E-state index >= 15 is 0 Å². The normalized spacial score (nSPS) is 15.0. The van der Waals surface area contributed by atoms with Crippen LogP contribution in [0.1, 0.15) is 13.8 Å². The van der Waals surface area contributed by atoms with Crippen molar-refractivity contribution in [2.75, 3.05) is 0 Å². The molecule has 0 fully saturated rings. The van der Waals surface area contributed by atoms with Crippen molar-refractivity contribution in [1.82, 2.24) is 0 Å². The monoisotopic (exact) mass is 377 g/mol. The molecule has 2 aliphatic heterocycles. The molecule has 4 aromatic carbocycles. The van der Waals surface area contributed by atoms with Crippen molar-refractivity contribution in [2.24, 2.45) is 0 Å². The van der Waals surface area contributed by atoms with E-state index in [1.54, 1.807) is 0 Å². The Morgan fingerprint density at radius 1 is 0.519 bits per heavy atom. The Bertz CT molecular complexity index is 1080. The summed E-state index contributed by atoms with van der Waals surface area (Å²) in [7, 11) is -2.97. The van der Waals surface area contributed by atoms with Crippen molar-refractivity contribution >= 4 is 29.7 Å². The predicted molar refractivity (Wildman–Crippen MR) is 109 cm³/mol. The second kappa shape index (κ2) is 6.04. The summed E-state index contributed by atoms with van der Waals surface area (Å²) in [4.78, 5) is 0. The van der Waals surface area contributed by atoms with Gasteiger partial charge in [0.25, 0.3) is 0 Å². The van der Waals surface area contributed by atoms with E-state index < -0.39 is 8.17 Å². The molecule has 5 heteroatoms. The third-order valence-corrected chi connectivity index (χ3v) is 6.17. The van der Waals surface area contributed by atoms with Crippen LogP contribution in [-0.4, -0.2) is 0 Å². The topological polar surface area (TPSA) is 36.9 Å². The molecule has 27 heavy (non-hydrogen) atoms. The van der Waals surface area contributed by atoms with Gasteiger partial charge in [0.2, 0.25) is 23.0 Å². The third-order valence-electron chi connectivity index (χ3n) is 4.51. The van der Waals surface area contributed by atoms with E-state index in [2.05, 4.69) is 0 Å². The lowest BCUT2D eigenvalue weighted by atomic mass is 10.1. The van der Waals surface area contributed by atoms with E-state index in [0.29, 0.717) is 23.0 Å². The van der Waals surface area contributed by atoms with Crippen LogP contribution >= 0.6 is 8.17 Å². The van der Waals surface area contributed by atoms with Gasteiger partial charge in [-0.25, -0.2) is 18.1 Å². The molecule has 0 bridgehead atoms. The van der Waals surface area contributed by atoms with Gasteiger partial charge in [-0.15, -0.1) is 0 Å². The van der Waals surface area contributed by atoms with E-state index in [4.69, 9.17) is 18.1 Å². The Labute approximate surface area is 157 Å². The van der Waals surface area contributed by atoms with Gasteiger partial charge in [0.1, 0.15) is 0 Å². The Balaban J connectivity index is 0.000000777. The fourth-order valence-corrected chi connectivity index (χ4v) is 5.17. The molecule has 0 saturated carbocycles. The molecule has 0 atom stereocenters. The van der Waals surface area contributed by atoms with Crippen molar-refractivity contribution < 1.29 is 18.1 Å². The van der Waals surface area contributed by atoms with Crippen LogP contribution in [0.5, 0.6) is 23.0 Å². The first-order chi connectivity index (χ1) is 13.3. The molecule has 2 aliphatic rings. The van der Waals surface area contributed by atoms with Crippen molar-refractivity contribution in [2.45, 2.75) is 13.8 Å². The fraction of sp³-hybridized carbons (Fsp3) is 0.0909. The molecule has 0 amide bonds. The van der Waals surface area contributed by atoms with Crippen molar-refractivity contribution in [3.8, 4) is 23.0 Å². The van der Waals surface area contributed by atoms with E-state index in [1.165, 1.54) is 0 Å². The third kappa shape index (κ3) is 2.41. The Morgan fingerprint density at radius 2 is 0.963 bits per heavy atom. The quantitative estimate of drug-likeness (QED) is 0.311. The van der Waals surface area contributed by atoms with Gasteiger partial charge in [-0.05, 0) is 22.9 Å². The van der Waals surface area contributed by atoms with Crippen LogP contribution < -0.4 is 18.1 Å². The van der Waals surface area contributed by atoms with Gasteiger partial charge in [-0.3, -0.25) is 0 Å². The first-order valence-electron chi connectivity index (χ1n) is 9.02. The maximum atomic E-state index is 6.14. The summed E-state index contributed by atoms with van der Waals surface area (Å²) in [5, 5.41) is 4.16. The molecule has 0 aliphatic carbocycles. The molecule has 0 unspecified atom stereocenters. The molecule has 0 radical (unpaired) electrons. The molecule has 0 saturated heterocycles. The van der Waals surface area contributed by atoms with Gasteiger partial charge >= 0.3 is 8.17 Å². The van der Waals surface area contributed by atoms with Crippen molar-refractivity contribution in [1.29, 1.82) is 0 Å². The molecule has 2 heterocycles. The summed E-state index contributed by atoms with van der Waals surface area (Å²) in [5.74, 6) is 2.68. The maximum absolute atomic E-state index is 6.14. The molecule has 4 aromatic rings. The average Bonchev–Trinajstić information content (AvgIpc) is 3.29. The van der Waals surface area contributed by atoms with Gasteiger partial charge < -0.3 is 0 Å². The van der Waals surface area contributed by atoms with Gasteiger partial charge in [0, 0.05) is 10.8 Å². The van der Waals surface area contributed by atoms with Crippen LogP contribution in [-0.2, 0) is 0 Å². The van der Waals surface area contributed by atoms with Gasteiger partial charge in [-0.1, -0.05) is 74.5 Å². The van der Waals surface area contributed by atoms with Crippen molar-refractivity contribution in [3.63, 3.8) is 0 Å². The molecule has 0 N–H and O–H groups in total. The lowest BCUT2D eigenvalue weighted by Crippen LogP contribution is -2.09. The number of hydrogen-bond acceptors (Lipinski definition) is 4. The number of hydrogen-bond donors (Lipinski definition) is 0. The maximum Gasteiger partial charge on any atom is 0.767 e. The minimum Gasteiger partial charge on any atom is -0.237 e. The lowest BCUT2D eigenvalue weighted by molar-refractivity contribution is 0.334. The fourth-order valence-electron chi connectivity index (χ4n) is 3.35. The highest BCUT2D eigenvalue weighted by Gasteiger charge is 2.67. The van der Waals surface area contributed by atoms with E-state index in [-0.39, 0.29) is 0 Å². The summed E-state index contributed by atoms with van der Waals surface area (Å²) in [6.07, 6.45) is 0. The highest BCUT2D eigenvalue weighted by Crippen LogP contribution is 2.73. The highest BCUT2D eigenvalue weighted by atomic mass is 31.2. The smallest absolute Gasteiger partial charge is 0.237 e. The Hall–Kier alpha value is -2.97. The van der Waals surface area contributed by atoms with Crippen LogP contribution in [0.3, 0.4) is 0 Å². The standard InChI is InChI=1S/C20H12O4P.C2H6/c1-3-7-15-13(5-1)9-11-17-19(15)23-25(21-17)22-18-12-10-14-6-2-4-8-16(14)20(18)24-25;1-2/h1-12H;1-2H3/q+1;. The summed E-state index contributed by atoms with van der Waals surface area (Å²) in [6.45, 7) is 4.00. The van der Waals surface area contributed by atoms with Crippen LogP contribution in [0, 0.1) is 0 Å². The zero-order valence-corrected chi connectivity index (χ0v) is 15.9. The molecular formula is C22H18O4P+. The number of benzene rings is 4. The van der Waals surface area contributed by atoms with Gasteiger partial charge in [-0.2, -0.15) is 0 Å². The molecule has 4 nitrogen and oxygen atoms in total. The van der Waals surface area contributed by atoms with Crippen LogP contribution in [0.15, 0.2) is 72.8 Å². The summed E-state index contributed by atoms with van der Waals surface area (Å²) < 4.78 is 24.4. The highest BCUT2D eigenvalue weighted by molar-refractivity contribution is 7.58. The summed E-state index contributed by atoms with van der Waals surface area (Å²) >= 11 is 0. The van der Waals surface area contributed by atoms with Gasteiger partial charge in [0.05, 0.1) is 0 Å². The average molecular weight is 377 g/mol. The van der Waals surface area contributed by atoms with Crippen LogP contribution in [0.25, 0.3) is 21.5 Å². The summed E-state index contributed by atoms with van der Waals surface area (Å²) in [6, 6.07) is 23.9. The minimum atomic E-state index is -2.97. The first-order valence-corrected chi connectivity index (χ1v) is 10.5. The largest absolute Gasteiger partial charge is 0.767 e. The summed E-state index contributed by atoms with van der Waals surface area (Å²) in [5.41, 5.74) is 0. The molecule has 134 valence electrons. The van der Waals surface area contributed by atoms with Gasteiger partial charge in [0.15, 0.2) is 0 Å². The molecule has 1 spiro atoms. The van der Waals surface area contributed by atoms with E-state index in [9.17, 15) is 0 Å². The van der Waals surface area contributed by atoms with Crippen molar-refractivity contribution in [3.05, 3.63) is 72.8 Å². The minimum absolute atomic E-state index is 0.657. The first kappa shape index (κ1) is 16.2. The Kier molecular flexibility index (Phi) is 3.63. The zero-order valence-electron chi connectivity index (χ0n) is 15.0. The number of rotatable bonds is 0. The molecular weight excluding hydrogens is 359 g/mol. The zero-order chi connectivity index (χ0) is 18.4. The predicted octanol–water partition coefficient (Wildman–Crippen LogP) is 6.94. The van der Waals surface area contributed by atoms with Crippen LogP contribution in [0.4, 0.5) is 0 Å². The SMILES string of the molecule is CC.c1ccc2c3c(ccc2c1)O[P+]1(Oc2ccc4ccccc4c2O1)O3. The van der Waals surface area contributed by atoms with Crippen LogP contribution in [0.2, 0.25) is 0 Å². The van der Waals surface area contributed by atoms with E-state index in [0.717, 1.165) is 21.5 Å². The second-order valence-corrected chi connectivity index (χ2v) is 7.67. The second-order valence-electron chi connectivity index (χ2n) is 6.04. The molecule has 0 aromatic heterocycles.